The smallest absolute Gasteiger partial charge is 0.0554 e. The molecule has 0 aromatic carbocycles. The van der Waals surface area contributed by atoms with Crippen molar-refractivity contribution in [2.24, 2.45) is 10.8 Å². The molecule has 1 heterocycles. The first-order valence-electron chi connectivity index (χ1n) is 4.91. The summed E-state index contributed by atoms with van der Waals surface area (Å²) >= 11 is 0. The van der Waals surface area contributed by atoms with Crippen LogP contribution in [0, 0.1) is 10.8 Å². The summed E-state index contributed by atoms with van der Waals surface area (Å²) in [4.78, 5) is 0. The Morgan fingerprint density at radius 1 is 1.08 bits per heavy atom. The summed E-state index contributed by atoms with van der Waals surface area (Å²) < 4.78 is 5.20. The number of ether oxygens (including phenoxy) is 1. The molecule has 1 aliphatic heterocycles. The molecule has 2 nitrogen and oxygen atoms in total. The van der Waals surface area contributed by atoms with Gasteiger partial charge < -0.3 is 10.1 Å². The Morgan fingerprint density at radius 3 is 2.08 bits per heavy atom. The fourth-order valence-electron chi connectivity index (χ4n) is 1.61. The molecule has 1 N–H and O–H groups in total. The standard InChI is InChI=1S/C10H19NO/c1-9(3-4-9)5-11-6-10(2)7-12-8-10/h11H,3-8H2,1-2H3. The summed E-state index contributed by atoms with van der Waals surface area (Å²) in [6.07, 6.45) is 2.82. The Labute approximate surface area is 74.7 Å². The van der Waals surface area contributed by atoms with Gasteiger partial charge in [0.25, 0.3) is 0 Å². The predicted octanol–water partition coefficient (Wildman–Crippen LogP) is 1.41. The zero-order valence-electron chi connectivity index (χ0n) is 8.15. The van der Waals surface area contributed by atoms with Crippen LogP contribution in [0.5, 0.6) is 0 Å². The molecule has 0 spiro atoms. The first-order chi connectivity index (χ1) is 5.62. The average Bonchev–Trinajstić information content (AvgIpc) is 2.65. The average molecular weight is 169 g/mol. The first kappa shape index (κ1) is 8.52. The first-order valence-corrected chi connectivity index (χ1v) is 4.91. The zero-order chi connectivity index (χ0) is 8.66. The van der Waals surface area contributed by atoms with Crippen LogP contribution in [0.1, 0.15) is 26.7 Å². The van der Waals surface area contributed by atoms with Gasteiger partial charge in [-0.05, 0) is 18.3 Å². The summed E-state index contributed by atoms with van der Waals surface area (Å²) in [5.74, 6) is 0. The van der Waals surface area contributed by atoms with Gasteiger partial charge in [-0.2, -0.15) is 0 Å². The normalized spacial score (nSPS) is 29.5. The molecule has 0 amide bonds. The van der Waals surface area contributed by atoms with E-state index in [9.17, 15) is 0 Å². The summed E-state index contributed by atoms with van der Waals surface area (Å²) in [7, 11) is 0. The molecular formula is C10H19NO. The van der Waals surface area contributed by atoms with Crippen molar-refractivity contribution in [1.82, 2.24) is 5.32 Å². The Bertz CT molecular complexity index is 171. The van der Waals surface area contributed by atoms with Gasteiger partial charge in [-0.1, -0.05) is 13.8 Å². The lowest BCUT2D eigenvalue weighted by Gasteiger charge is -2.38. The lowest BCUT2D eigenvalue weighted by atomic mass is 9.88. The van der Waals surface area contributed by atoms with E-state index in [4.69, 9.17) is 4.74 Å². The Hall–Kier alpha value is -0.0800. The molecule has 2 rings (SSSR count). The van der Waals surface area contributed by atoms with E-state index in [-0.39, 0.29) is 0 Å². The van der Waals surface area contributed by atoms with Crippen LogP contribution in [0.25, 0.3) is 0 Å². The van der Waals surface area contributed by atoms with E-state index >= 15 is 0 Å². The third-order valence-corrected chi connectivity index (χ3v) is 3.11. The monoisotopic (exact) mass is 169 g/mol. The molecule has 0 atom stereocenters. The Morgan fingerprint density at radius 2 is 1.67 bits per heavy atom. The second-order valence-electron chi connectivity index (χ2n) is 5.22. The van der Waals surface area contributed by atoms with Crippen molar-refractivity contribution in [1.29, 1.82) is 0 Å². The van der Waals surface area contributed by atoms with E-state index in [2.05, 4.69) is 19.2 Å². The van der Waals surface area contributed by atoms with E-state index < -0.39 is 0 Å². The molecule has 2 heteroatoms. The lowest BCUT2D eigenvalue weighted by molar-refractivity contribution is -0.0992. The molecule has 0 bridgehead atoms. The van der Waals surface area contributed by atoms with Gasteiger partial charge in [-0.3, -0.25) is 0 Å². The molecule has 2 fully saturated rings. The molecule has 0 aromatic rings. The zero-order valence-corrected chi connectivity index (χ0v) is 8.15. The molecule has 1 saturated carbocycles. The highest BCUT2D eigenvalue weighted by molar-refractivity contribution is 4.92. The van der Waals surface area contributed by atoms with E-state index in [1.54, 1.807) is 0 Å². The molecule has 0 aromatic heterocycles. The highest BCUT2D eigenvalue weighted by Crippen LogP contribution is 2.44. The molecule has 0 radical (unpaired) electrons. The predicted molar refractivity (Wildman–Crippen MR) is 49.1 cm³/mol. The van der Waals surface area contributed by atoms with E-state index in [0.717, 1.165) is 19.8 Å². The van der Waals surface area contributed by atoms with Gasteiger partial charge in [0.1, 0.15) is 0 Å². The molecule has 12 heavy (non-hydrogen) atoms. The molecule has 0 unspecified atom stereocenters. The second kappa shape index (κ2) is 2.71. The van der Waals surface area contributed by atoms with Gasteiger partial charge in [-0.15, -0.1) is 0 Å². The molecule has 1 aliphatic carbocycles. The van der Waals surface area contributed by atoms with Crippen LogP contribution in [0.15, 0.2) is 0 Å². The van der Waals surface area contributed by atoms with Gasteiger partial charge in [0.15, 0.2) is 0 Å². The quantitative estimate of drug-likeness (QED) is 0.687. The van der Waals surface area contributed by atoms with Crippen LogP contribution >= 0.6 is 0 Å². The molecular weight excluding hydrogens is 150 g/mol. The minimum atomic E-state index is 0.436. The number of nitrogens with one attached hydrogen (secondary N) is 1. The van der Waals surface area contributed by atoms with Crippen LogP contribution in [-0.2, 0) is 4.74 Å². The van der Waals surface area contributed by atoms with Crippen molar-refractivity contribution in [2.75, 3.05) is 26.3 Å². The van der Waals surface area contributed by atoms with E-state index in [1.165, 1.54) is 19.4 Å². The summed E-state index contributed by atoms with van der Waals surface area (Å²) in [6.45, 7) is 8.86. The highest BCUT2D eigenvalue weighted by Gasteiger charge is 2.38. The van der Waals surface area contributed by atoms with Crippen LogP contribution in [0.3, 0.4) is 0 Å². The second-order valence-corrected chi connectivity index (χ2v) is 5.22. The Kier molecular flexibility index (Phi) is 1.92. The van der Waals surface area contributed by atoms with E-state index in [1.807, 2.05) is 0 Å². The highest BCUT2D eigenvalue weighted by atomic mass is 16.5. The van der Waals surface area contributed by atoms with Crippen LogP contribution in [-0.4, -0.2) is 26.3 Å². The van der Waals surface area contributed by atoms with Crippen LogP contribution in [0.2, 0.25) is 0 Å². The van der Waals surface area contributed by atoms with E-state index in [0.29, 0.717) is 10.8 Å². The topological polar surface area (TPSA) is 21.3 Å². The summed E-state index contributed by atoms with van der Waals surface area (Å²) in [5.41, 5.74) is 1.08. The van der Waals surface area contributed by atoms with Crippen molar-refractivity contribution in [2.45, 2.75) is 26.7 Å². The van der Waals surface area contributed by atoms with Crippen LogP contribution < -0.4 is 5.32 Å². The maximum atomic E-state index is 5.20. The van der Waals surface area contributed by atoms with Gasteiger partial charge in [0, 0.05) is 18.5 Å². The van der Waals surface area contributed by atoms with Gasteiger partial charge in [0.2, 0.25) is 0 Å². The number of hydrogen-bond donors (Lipinski definition) is 1. The maximum absolute atomic E-state index is 5.20. The van der Waals surface area contributed by atoms with Gasteiger partial charge in [0.05, 0.1) is 13.2 Å². The van der Waals surface area contributed by atoms with Gasteiger partial charge >= 0.3 is 0 Å². The molecule has 70 valence electrons. The van der Waals surface area contributed by atoms with Crippen molar-refractivity contribution in [3.05, 3.63) is 0 Å². The van der Waals surface area contributed by atoms with Crippen molar-refractivity contribution < 1.29 is 4.74 Å². The SMILES string of the molecule is CC1(CNCC2(C)COC2)CC1. The fraction of sp³-hybridized carbons (Fsp3) is 1.00. The molecule has 1 saturated heterocycles. The summed E-state index contributed by atoms with van der Waals surface area (Å²) in [5, 5.41) is 3.55. The third kappa shape index (κ3) is 1.80. The largest absolute Gasteiger partial charge is 0.380 e. The Balaban J connectivity index is 1.62. The number of rotatable bonds is 4. The van der Waals surface area contributed by atoms with Crippen molar-refractivity contribution in [3.8, 4) is 0 Å². The van der Waals surface area contributed by atoms with Crippen molar-refractivity contribution >= 4 is 0 Å². The maximum Gasteiger partial charge on any atom is 0.0554 e. The third-order valence-electron chi connectivity index (χ3n) is 3.11. The summed E-state index contributed by atoms with van der Waals surface area (Å²) in [6, 6.07) is 0. The molecule has 2 aliphatic rings. The lowest BCUT2D eigenvalue weighted by Crippen LogP contribution is -2.48. The van der Waals surface area contributed by atoms with Crippen molar-refractivity contribution in [3.63, 3.8) is 0 Å². The van der Waals surface area contributed by atoms with Crippen LogP contribution in [0.4, 0.5) is 0 Å². The fourth-order valence-corrected chi connectivity index (χ4v) is 1.61. The minimum Gasteiger partial charge on any atom is -0.380 e. The van der Waals surface area contributed by atoms with Gasteiger partial charge in [-0.25, -0.2) is 0 Å². The minimum absolute atomic E-state index is 0.436. The number of hydrogen-bond acceptors (Lipinski definition) is 2.